The van der Waals surface area contributed by atoms with Gasteiger partial charge in [-0.2, -0.15) is 0 Å². The number of carbonyl (C=O) groups excluding carboxylic acids is 2. The van der Waals surface area contributed by atoms with Crippen LogP contribution in [-0.4, -0.2) is 57.8 Å². The molecule has 7 heteroatoms. The van der Waals surface area contributed by atoms with Crippen LogP contribution in [0, 0.1) is 0 Å². The van der Waals surface area contributed by atoms with Gasteiger partial charge >= 0.3 is 0 Å². The van der Waals surface area contributed by atoms with Crippen LogP contribution in [0.5, 0.6) is 11.5 Å². The van der Waals surface area contributed by atoms with Crippen molar-refractivity contribution in [3.8, 4) is 11.5 Å². The highest BCUT2D eigenvalue weighted by atomic mass is 16.5. The molecule has 0 spiro atoms. The van der Waals surface area contributed by atoms with E-state index in [2.05, 4.69) is 9.97 Å². The third-order valence-corrected chi connectivity index (χ3v) is 4.95. The molecule has 1 fully saturated rings. The van der Waals surface area contributed by atoms with E-state index < -0.39 is 0 Å². The second-order valence-electron chi connectivity index (χ2n) is 6.99. The van der Waals surface area contributed by atoms with E-state index in [1.807, 2.05) is 24.3 Å². The van der Waals surface area contributed by atoms with E-state index in [-0.39, 0.29) is 18.2 Å². The minimum Gasteiger partial charge on any atom is -0.456 e. The molecular formula is C23H22N4O3. The summed E-state index contributed by atoms with van der Waals surface area (Å²) in [5.41, 5.74) is 1.36. The van der Waals surface area contributed by atoms with Crippen LogP contribution in [-0.2, 0) is 11.2 Å². The molecular weight excluding hydrogens is 380 g/mol. The molecule has 2 aromatic heterocycles. The molecule has 7 nitrogen and oxygen atoms in total. The number of rotatable bonds is 5. The minimum atomic E-state index is -0.0419. The smallest absolute Gasteiger partial charge is 0.253 e. The Bertz CT molecular complexity index is 986. The number of hydrogen-bond acceptors (Lipinski definition) is 5. The topological polar surface area (TPSA) is 75.6 Å². The van der Waals surface area contributed by atoms with E-state index in [0.29, 0.717) is 43.2 Å². The molecule has 3 aromatic rings. The first-order valence-corrected chi connectivity index (χ1v) is 9.84. The Labute approximate surface area is 174 Å². The first kappa shape index (κ1) is 19.6. The van der Waals surface area contributed by atoms with E-state index in [1.54, 1.807) is 58.7 Å². The van der Waals surface area contributed by atoms with Crippen molar-refractivity contribution in [2.75, 3.05) is 26.2 Å². The van der Waals surface area contributed by atoms with E-state index in [9.17, 15) is 9.59 Å². The molecule has 0 aliphatic carbocycles. The Balaban J connectivity index is 1.30. The van der Waals surface area contributed by atoms with Crippen molar-refractivity contribution in [3.63, 3.8) is 0 Å². The lowest BCUT2D eigenvalue weighted by Crippen LogP contribution is -2.51. The third kappa shape index (κ3) is 4.81. The summed E-state index contributed by atoms with van der Waals surface area (Å²) >= 11 is 0. The number of nitrogens with zero attached hydrogens (tertiary/aromatic N) is 4. The summed E-state index contributed by atoms with van der Waals surface area (Å²) in [5.74, 6) is 1.28. The second kappa shape index (κ2) is 9.17. The van der Waals surface area contributed by atoms with Crippen LogP contribution in [0.25, 0.3) is 0 Å². The molecule has 0 bridgehead atoms. The van der Waals surface area contributed by atoms with Gasteiger partial charge in [-0.15, -0.1) is 0 Å². The molecule has 1 saturated heterocycles. The van der Waals surface area contributed by atoms with Gasteiger partial charge in [0.05, 0.1) is 12.6 Å². The van der Waals surface area contributed by atoms with E-state index >= 15 is 0 Å². The van der Waals surface area contributed by atoms with E-state index in [0.717, 1.165) is 5.69 Å². The van der Waals surface area contributed by atoms with Gasteiger partial charge < -0.3 is 14.5 Å². The standard InChI is InChI=1S/C23H22N4O3/c28-22(16-19-4-1-2-11-25-19)26-12-14-27(15-13-26)23(29)18-6-8-20(9-7-18)30-21-5-3-10-24-17-21/h1-11,17H,12-16H2. The van der Waals surface area contributed by atoms with Gasteiger partial charge in [0, 0.05) is 49.8 Å². The summed E-state index contributed by atoms with van der Waals surface area (Å²) in [6.07, 6.45) is 5.29. The van der Waals surface area contributed by atoms with Crippen LogP contribution in [0.1, 0.15) is 16.1 Å². The highest BCUT2D eigenvalue weighted by Gasteiger charge is 2.25. The van der Waals surface area contributed by atoms with Crippen LogP contribution >= 0.6 is 0 Å². The molecule has 1 aromatic carbocycles. The zero-order valence-corrected chi connectivity index (χ0v) is 16.5. The number of aromatic nitrogens is 2. The summed E-state index contributed by atoms with van der Waals surface area (Å²) < 4.78 is 5.71. The van der Waals surface area contributed by atoms with Crippen molar-refractivity contribution < 1.29 is 14.3 Å². The Morgan fingerprint density at radius 3 is 2.27 bits per heavy atom. The predicted octanol–water partition coefficient (Wildman–Crippen LogP) is 2.80. The number of pyridine rings is 2. The lowest BCUT2D eigenvalue weighted by atomic mass is 10.1. The van der Waals surface area contributed by atoms with Crippen LogP contribution in [0.2, 0.25) is 0 Å². The highest BCUT2D eigenvalue weighted by molar-refractivity contribution is 5.94. The van der Waals surface area contributed by atoms with Gasteiger partial charge in [-0.3, -0.25) is 19.6 Å². The molecule has 3 heterocycles. The Morgan fingerprint density at radius 1 is 0.833 bits per heavy atom. The SMILES string of the molecule is O=C(Cc1ccccn1)N1CCN(C(=O)c2ccc(Oc3cccnc3)cc2)CC1. The van der Waals surface area contributed by atoms with Gasteiger partial charge in [0.15, 0.2) is 0 Å². The van der Waals surface area contributed by atoms with Gasteiger partial charge in [-0.1, -0.05) is 6.07 Å². The van der Waals surface area contributed by atoms with Crippen molar-refractivity contribution in [3.05, 3.63) is 84.4 Å². The van der Waals surface area contributed by atoms with Gasteiger partial charge in [0.25, 0.3) is 5.91 Å². The average molecular weight is 402 g/mol. The quantitative estimate of drug-likeness (QED) is 0.656. The Hall–Kier alpha value is -3.74. The summed E-state index contributed by atoms with van der Waals surface area (Å²) in [6.45, 7) is 2.08. The fraction of sp³-hybridized carbons (Fsp3) is 0.217. The Kier molecular flexibility index (Phi) is 5.98. The monoisotopic (exact) mass is 402 g/mol. The van der Waals surface area contributed by atoms with Gasteiger partial charge in [-0.05, 0) is 48.5 Å². The number of ether oxygens (including phenoxy) is 1. The van der Waals surface area contributed by atoms with Crippen LogP contribution in [0.15, 0.2) is 73.2 Å². The number of amides is 2. The third-order valence-electron chi connectivity index (χ3n) is 4.95. The van der Waals surface area contributed by atoms with Crippen molar-refractivity contribution in [1.29, 1.82) is 0 Å². The fourth-order valence-electron chi connectivity index (χ4n) is 3.32. The number of piperazine rings is 1. The molecule has 2 amide bonds. The zero-order valence-electron chi connectivity index (χ0n) is 16.5. The minimum absolute atomic E-state index is 0.0395. The van der Waals surface area contributed by atoms with Gasteiger partial charge in [0.1, 0.15) is 11.5 Å². The molecule has 152 valence electrons. The molecule has 0 radical (unpaired) electrons. The maximum absolute atomic E-state index is 12.8. The van der Waals surface area contributed by atoms with Crippen molar-refractivity contribution in [2.45, 2.75) is 6.42 Å². The number of benzene rings is 1. The Morgan fingerprint density at radius 2 is 1.60 bits per heavy atom. The van der Waals surface area contributed by atoms with E-state index in [1.165, 1.54) is 0 Å². The van der Waals surface area contributed by atoms with Crippen LogP contribution in [0.3, 0.4) is 0 Å². The maximum atomic E-state index is 12.8. The van der Waals surface area contributed by atoms with Crippen molar-refractivity contribution in [2.24, 2.45) is 0 Å². The molecule has 4 rings (SSSR count). The highest BCUT2D eigenvalue weighted by Crippen LogP contribution is 2.21. The molecule has 0 unspecified atom stereocenters. The van der Waals surface area contributed by atoms with Gasteiger partial charge in [0.2, 0.25) is 5.91 Å². The number of carbonyl (C=O) groups is 2. The first-order valence-electron chi connectivity index (χ1n) is 9.84. The summed E-state index contributed by atoms with van der Waals surface area (Å²) in [4.78, 5) is 37.1. The molecule has 30 heavy (non-hydrogen) atoms. The summed E-state index contributed by atoms with van der Waals surface area (Å²) in [5, 5.41) is 0. The fourth-order valence-corrected chi connectivity index (χ4v) is 3.32. The summed E-state index contributed by atoms with van der Waals surface area (Å²) in [7, 11) is 0. The van der Waals surface area contributed by atoms with Crippen LogP contribution < -0.4 is 4.74 Å². The van der Waals surface area contributed by atoms with Crippen LogP contribution in [0.4, 0.5) is 0 Å². The van der Waals surface area contributed by atoms with E-state index in [4.69, 9.17) is 4.74 Å². The normalized spacial score (nSPS) is 13.7. The van der Waals surface area contributed by atoms with Crippen molar-refractivity contribution >= 4 is 11.8 Å². The predicted molar refractivity (Wildman–Crippen MR) is 111 cm³/mol. The lowest BCUT2D eigenvalue weighted by Gasteiger charge is -2.34. The largest absolute Gasteiger partial charge is 0.456 e. The van der Waals surface area contributed by atoms with Gasteiger partial charge in [-0.25, -0.2) is 0 Å². The summed E-state index contributed by atoms with van der Waals surface area (Å²) in [6, 6.07) is 16.2. The molecule has 0 atom stereocenters. The average Bonchev–Trinajstić information content (AvgIpc) is 2.80. The number of hydrogen-bond donors (Lipinski definition) is 0. The molecule has 1 aliphatic heterocycles. The molecule has 1 aliphatic rings. The lowest BCUT2D eigenvalue weighted by molar-refractivity contribution is -0.132. The van der Waals surface area contributed by atoms with Crippen molar-refractivity contribution in [1.82, 2.24) is 19.8 Å². The first-order chi connectivity index (χ1) is 14.7. The molecule has 0 N–H and O–H groups in total. The molecule has 0 saturated carbocycles. The zero-order chi connectivity index (χ0) is 20.8. The maximum Gasteiger partial charge on any atom is 0.253 e. The second-order valence-corrected chi connectivity index (χ2v) is 6.99.